The summed E-state index contributed by atoms with van der Waals surface area (Å²) in [5.74, 6) is 2.79. The van der Waals surface area contributed by atoms with E-state index in [0.29, 0.717) is 11.8 Å². The molecular weight excluding hydrogens is 494 g/mol. The lowest BCUT2D eigenvalue weighted by Gasteiger charge is -2.31. The zero-order valence-corrected chi connectivity index (χ0v) is 25.2. The average molecular weight is 547 g/mol. The van der Waals surface area contributed by atoms with Gasteiger partial charge in [0.15, 0.2) is 0 Å². The molecule has 3 aliphatic rings. The predicted octanol–water partition coefficient (Wildman–Crippen LogP) is 12.2. The molecule has 5 rings (SSSR count). The fourth-order valence-electron chi connectivity index (χ4n) is 8.18. The van der Waals surface area contributed by atoms with Crippen molar-refractivity contribution in [2.45, 2.75) is 141 Å². The number of unbranched alkanes of at least 4 members (excludes halogenated alkanes) is 2. The van der Waals surface area contributed by atoms with E-state index in [0.717, 1.165) is 67.1 Å². The van der Waals surface area contributed by atoms with Crippen molar-refractivity contribution in [1.82, 2.24) is 0 Å². The SMILES string of the molecule is CCCCCC1CCC(c2ccc(C3CCC(c4ccc(C5=CCC(CCC)CC5)c(F)c4)CC3)c(F)c2)CC1. The van der Waals surface area contributed by atoms with E-state index in [4.69, 9.17) is 0 Å². The van der Waals surface area contributed by atoms with Gasteiger partial charge in [-0.3, -0.25) is 0 Å². The van der Waals surface area contributed by atoms with Gasteiger partial charge in [-0.1, -0.05) is 82.7 Å². The van der Waals surface area contributed by atoms with Crippen LogP contribution in [0.25, 0.3) is 5.57 Å². The highest BCUT2D eigenvalue weighted by Crippen LogP contribution is 2.44. The Labute approximate surface area is 243 Å². The summed E-state index contributed by atoms with van der Waals surface area (Å²) in [4.78, 5) is 0. The van der Waals surface area contributed by atoms with Crippen LogP contribution in [0.4, 0.5) is 8.78 Å². The van der Waals surface area contributed by atoms with Gasteiger partial charge in [0, 0.05) is 5.56 Å². The molecule has 0 bridgehead atoms. The topological polar surface area (TPSA) is 0 Å². The Bertz CT molecular complexity index is 1110. The third kappa shape index (κ3) is 7.27. The number of hydrogen-bond acceptors (Lipinski definition) is 0. The standard InChI is InChI=1S/C38H52F2/c1-3-5-6-8-28-9-13-29(14-10-28)33-21-24-36(38(40)25-33)32-19-17-30(18-20-32)34-22-23-35(37(39)26-34)31-15-11-27(7-4-2)12-16-31/h15,21-30,32H,3-14,16-20H2,1-2H3. The Morgan fingerprint density at radius 2 is 1.27 bits per heavy atom. The van der Waals surface area contributed by atoms with Crippen molar-refractivity contribution in [2.75, 3.05) is 0 Å². The predicted molar refractivity (Wildman–Crippen MR) is 166 cm³/mol. The van der Waals surface area contributed by atoms with Gasteiger partial charge in [-0.25, -0.2) is 8.78 Å². The molecule has 2 aromatic rings. The van der Waals surface area contributed by atoms with E-state index in [-0.39, 0.29) is 17.6 Å². The smallest absolute Gasteiger partial charge is 0.130 e. The van der Waals surface area contributed by atoms with Crippen molar-refractivity contribution < 1.29 is 8.78 Å². The zero-order valence-electron chi connectivity index (χ0n) is 25.2. The molecule has 40 heavy (non-hydrogen) atoms. The minimum Gasteiger partial charge on any atom is -0.207 e. The molecule has 0 aliphatic heterocycles. The maximum atomic E-state index is 15.4. The molecule has 3 aliphatic carbocycles. The Kier molecular flexibility index (Phi) is 10.5. The molecule has 0 heterocycles. The second kappa shape index (κ2) is 14.3. The van der Waals surface area contributed by atoms with Crippen LogP contribution in [0.15, 0.2) is 42.5 Å². The molecule has 2 heteroatoms. The molecule has 2 aromatic carbocycles. The molecule has 0 N–H and O–H groups in total. The Morgan fingerprint density at radius 1 is 0.625 bits per heavy atom. The van der Waals surface area contributed by atoms with Crippen molar-refractivity contribution in [3.05, 3.63) is 76.4 Å². The summed E-state index contributed by atoms with van der Waals surface area (Å²) in [7, 11) is 0. The normalized spacial score (nSPS) is 27.4. The molecule has 0 amide bonds. The van der Waals surface area contributed by atoms with E-state index in [1.807, 2.05) is 12.1 Å². The van der Waals surface area contributed by atoms with Crippen LogP contribution in [0.5, 0.6) is 0 Å². The third-order valence-corrected chi connectivity index (χ3v) is 10.8. The molecule has 1 atom stereocenters. The number of halogens is 2. The summed E-state index contributed by atoms with van der Waals surface area (Å²) in [5.41, 5.74) is 5.24. The van der Waals surface area contributed by atoms with Gasteiger partial charge in [-0.15, -0.1) is 0 Å². The molecule has 218 valence electrons. The second-order valence-corrected chi connectivity index (χ2v) is 13.4. The molecule has 2 saturated carbocycles. The monoisotopic (exact) mass is 546 g/mol. The minimum atomic E-state index is -0.0589. The van der Waals surface area contributed by atoms with E-state index in [1.165, 1.54) is 81.8 Å². The van der Waals surface area contributed by atoms with E-state index in [2.05, 4.69) is 38.1 Å². The Hall–Kier alpha value is -1.96. The van der Waals surface area contributed by atoms with Crippen molar-refractivity contribution in [3.63, 3.8) is 0 Å². The lowest BCUT2D eigenvalue weighted by atomic mass is 9.74. The fraction of sp³-hybridized carbons (Fsp3) is 0.632. The van der Waals surface area contributed by atoms with E-state index >= 15 is 8.78 Å². The van der Waals surface area contributed by atoms with Crippen LogP contribution in [0.3, 0.4) is 0 Å². The summed E-state index contributed by atoms with van der Waals surface area (Å²) in [6, 6.07) is 12.2. The van der Waals surface area contributed by atoms with E-state index in [9.17, 15) is 0 Å². The van der Waals surface area contributed by atoms with Gasteiger partial charge in [0.1, 0.15) is 11.6 Å². The molecule has 1 unspecified atom stereocenters. The van der Waals surface area contributed by atoms with E-state index < -0.39 is 0 Å². The van der Waals surface area contributed by atoms with Crippen LogP contribution in [-0.2, 0) is 0 Å². The van der Waals surface area contributed by atoms with Crippen LogP contribution < -0.4 is 0 Å². The van der Waals surface area contributed by atoms with Gasteiger partial charge < -0.3 is 0 Å². The molecule has 0 saturated heterocycles. The quantitative estimate of drug-likeness (QED) is 0.260. The van der Waals surface area contributed by atoms with Gasteiger partial charge in [-0.2, -0.15) is 0 Å². The van der Waals surface area contributed by atoms with Crippen molar-refractivity contribution in [1.29, 1.82) is 0 Å². The van der Waals surface area contributed by atoms with Crippen molar-refractivity contribution in [3.8, 4) is 0 Å². The Balaban J connectivity index is 1.14. The first-order valence-electron chi connectivity index (χ1n) is 16.8. The van der Waals surface area contributed by atoms with Gasteiger partial charge >= 0.3 is 0 Å². The molecule has 0 radical (unpaired) electrons. The highest BCUT2D eigenvalue weighted by atomic mass is 19.1. The zero-order chi connectivity index (χ0) is 27.9. The fourth-order valence-corrected chi connectivity index (χ4v) is 8.18. The molecule has 0 nitrogen and oxygen atoms in total. The van der Waals surface area contributed by atoms with Crippen molar-refractivity contribution >= 4 is 5.57 Å². The first kappa shape index (κ1) is 29.5. The highest BCUT2D eigenvalue weighted by Gasteiger charge is 2.28. The minimum absolute atomic E-state index is 0.00310. The van der Waals surface area contributed by atoms with Gasteiger partial charge in [0.05, 0.1) is 0 Å². The highest BCUT2D eigenvalue weighted by molar-refractivity contribution is 5.67. The molecule has 0 aromatic heterocycles. The van der Waals surface area contributed by atoms with Crippen molar-refractivity contribution in [2.24, 2.45) is 11.8 Å². The van der Waals surface area contributed by atoms with Crippen LogP contribution in [0.1, 0.15) is 163 Å². The van der Waals surface area contributed by atoms with Crippen LogP contribution >= 0.6 is 0 Å². The molecular formula is C38H52F2. The summed E-state index contributed by atoms with van der Waals surface area (Å²) in [6.45, 7) is 4.52. The van der Waals surface area contributed by atoms with Gasteiger partial charge in [-0.05, 0) is 135 Å². The number of rotatable bonds is 10. The summed E-state index contributed by atoms with van der Waals surface area (Å²) >= 11 is 0. The average Bonchev–Trinajstić information content (AvgIpc) is 2.98. The first-order valence-corrected chi connectivity index (χ1v) is 16.8. The maximum absolute atomic E-state index is 15.4. The van der Waals surface area contributed by atoms with Crippen LogP contribution in [0, 0.1) is 23.5 Å². The second-order valence-electron chi connectivity index (χ2n) is 13.4. The van der Waals surface area contributed by atoms with Gasteiger partial charge in [0.25, 0.3) is 0 Å². The lowest BCUT2D eigenvalue weighted by molar-refractivity contribution is 0.302. The van der Waals surface area contributed by atoms with Gasteiger partial charge in [0.2, 0.25) is 0 Å². The summed E-state index contributed by atoms with van der Waals surface area (Å²) < 4.78 is 30.6. The maximum Gasteiger partial charge on any atom is 0.130 e. The van der Waals surface area contributed by atoms with E-state index in [1.54, 1.807) is 6.07 Å². The molecule has 0 spiro atoms. The van der Waals surface area contributed by atoms with Crippen LogP contribution in [-0.4, -0.2) is 0 Å². The number of hydrogen-bond donors (Lipinski definition) is 0. The first-order chi connectivity index (χ1) is 19.6. The Morgan fingerprint density at radius 3 is 1.88 bits per heavy atom. The summed E-state index contributed by atoms with van der Waals surface area (Å²) in [6.07, 6.45) is 22.5. The lowest BCUT2D eigenvalue weighted by Crippen LogP contribution is -2.15. The number of benzene rings is 2. The molecule has 2 fully saturated rings. The number of allylic oxidation sites excluding steroid dienone is 2. The third-order valence-electron chi connectivity index (χ3n) is 10.8. The summed E-state index contributed by atoms with van der Waals surface area (Å²) in [5, 5.41) is 0. The van der Waals surface area contributed by atoms with Crippen LogP contribution in [0.2, 0.25) is 0 Å². The largest absolute Gasteiger partial charge is 0.207 e.